The van der Waals surface area contributed by atoms with Crippen LogP contribution in [0.4, 0.5) is 0 Å². The van der Waals surface area contributed by atoms with Crippen LogP contribution in [0, 0.1) is 0 Å². The average molecular weight is 1030 g/mol. The molecule has 1 unspecified atom stereocenters. The van der Waals surface area contributed by atoms with Crippen LogP contribution in [0.1, 0.15) is 310 Å². The smallest absolute Gasteiger partial charge is 0.306 e. The molecule has 0 fully saturated rings. The van der Waals surface area contributed by atoms with Gasteiger partial charge in [-0.05, 0) is 83.5 Å². The van der Waals surface area contributed by atoms with Crippen molar-refractivity contribution in [2.75, 3.05) is 13.2 Å². The van der Waals surface area contributed by atoms with Crippen LogP contribution in [0.3, 0.4) is 0 Å². The number of carbonyl (C=O) groups is 3. The van der Waals surface area contributed by atoms with E-state index >= 15 is 0 Å². The first kappa shape index (κ1) is 70.6. The van der Waals surface area contributed by atoms with Crippen molar-refractivity contribution in [3.8, 4) is 0 Å². The van der Waals surface area contributed by atoms with E-state index in [0.717, 1.165) is 109 Å². The summed E-state index contributed by atoms with van der Waals surface area (Å²) in [4.78, 5) is 38.3. The molecule has 0 aromatic rings. The summed E-state index contributed by atoms with van der Waals surface area (Å²) in [5, 5.41) is 0. The maximum Gasteiger partial charge on any atom is 0.306 e. The number of hydrogen-bond acceptors (Lipinski definition) is 6. The number of hydrogen-bond donors (Lipinski definition) is 0. The molecule has 0 spiro atoms. The Hall–Kier alpha value is -3.41. The second-order valence-electron chi connectivity index (χ2n) is 21.0. The van der Waals surface area contributed by atoms with E-state index in [4.69, 9.17) is 14.2 Å². The lowest BCUT2D eigenvalue weighted by molar-refractivity contribution is -0.167. The molecular formula is C68H118O6. The van der Waals surface area contributed by atoms with Gasteiger partial charge in [0, 0.05) is 19.3 Å². The van der Waals surface area contributed by atoms with E-state index in [-0.39, 0.29) is 31.1 Å². The Balaban J connectivity index is 4.43. The molecule has 0 rings (SSSR count). The maximum atomic E-state index is 12.9. The van der Waals surface area contributed by atoms with Gasteiger partial charge >= 0.3 is 17.9 Å². The lowest BCUT2D eigenvalue weighted by Gasteiger charge is -2.18. The number of allylic oxidation sites excluding steroid dienone is 14. The zero-order valence-corrected chi connectivity index (χ0v) is 48.8. The van der Waals surface area contributed by atoms with Crippen molar-refractivity contribution in [1.29, 1.82) is 0 Å². The third-order valence-corrected chi connectivity index (χ3v) is 13.7. The number of esters is 3. The van der Waals surface area contributed by atoms with E-state index in [1.165, 1.54) is 161 Å². The first-order valence-corrected chi connectivity index (χ1v) is 31.6. The molecule has 426 valence electrons. The Morgan fingerprint density at radius 3 is 0.932 bits per heavy atom. The predicted molar refractivity (Wildman–Crippen MR) is 321 cm³/mol. The van der Waals surface area contributed by atoms with E-state index < -0.39 is 6.10 Å². The van der Waals surface area contributed by atoms with Gasteiger partial charge in [0.15, 0.2) is 6.10 Å². The Morgan fingerprint density at radius 1 is 0.297 bits per heavy atom. The predicted octanol–water partition coefficient (Wildman–Crippen LogP) is 21.5. The van der Waals surface area contributed by atoms with Crippen LogP contribution in [-0.2, 0) is 28.6 Å². The number of rotatable bonds is 57. The van der Waals surface area contributed by atoms with Crippen molar-refractivity contribution in [3.63, 3.8) is 0 Å². The quantitative estimate of drug-likeness (QED) is 0.0199. The van der Waals surface area contributed by atoms with Crippen molar-refractivity contribution in [1.82, 2.24) is 0 Å². The fraction of sp³-hybridized carbons (Fsp3) is 0.750. The van der Waals surface area contributed by atoms with E-state index in [0.29, 0.717) is 19.3 Å². The summed E-state index contributed by atoms with van der Waals surface area (Å²) >= 11 is 0. The van der Waals surface area contributed by atoms with Gasteiger partial charge in [0.05, 0.1) is 0 Å². The molecule has 1 atom stereocenters. The highest BCUT2D eigenvalue weighted by atomic mass is 16.6. The topological polar surface area (TPSA) is 78.9 Å². The molecule has 0 N–H and O–H groups in total. The maximum absolute atomic E-state index is 12.9. The number of unbranched alkanes of at least 4 members (excludes halogenated alkanes) is 34. The summed E-state index contributed by atoms with van der Waals surface area (Å²) in [6.45, 7) is 6.52. The van der Waals surface area contributed by atoms with Crippen LogP contribution in [0.15, 0.2) is 85.1 Å². The van der Waals surface area contributed by atoms with Gasteiger partial charge in [0.2, 0.25) is 0 Å². The Morgan fingerprint density at radius 2 is 0.581 bits per heavy atom. The summed E-state index contributed by atoms with van der Waals surface area (Å²) in [6, 6.07) is 0. The third kappa shape index (κ3) is 59.5. The molecule has 0 saturated heterocycles. The molecule has 74 heavy (non-hydrogen) atoms. The molecule has 0 saturated carbocycles. The molecule has 0 amide bonds. The molecule has 0 aliphatic heterocycles. The van der Waals surface area contributed by atoms with Crippen molar-refractivity contribution in [2.24, 2.45) is 0 Å². The molecule has 0 aromatic heterocycles. The van der Waals surface area contributed by atoms with Gasteiger partial charge in [-0.3, -0.25) is 14.4 Å². The van der Waals surface area contributed by atoms with Crippen molar-refractivity contribution in [2.45, 2.75) is 316 Å². The van der Waals surface area contributed by atoms with Gasteiger partial charge in [0.1, 0.15) is 13.2 Å². The van der Waals surface area contributed by atoms with Gasteiger partial charge in [-0.2, -0.15) is 0 Å². The molecule has 0 aliphatic carbocycles. The van der Waals surface area contributed by atoms with Gasteiger partial charge in [0.25, 0.3) is 0 Å². The molecule has 6 heteroatoms. The first-order chi connectivity index (χ1) is 36.5. The van der Waals surface area contributed by atoms with Crippen LogP contribution in [0.5, 0.6) is 0 Å². The minimum atomic E-state index is -0.792. The molecule has 0 radical (unpaired) electrons. The Labute approximate surface area is 458 Å². The minimum absolute atomic E-state index is 0.0888. The largest absolute Gasteiger partial charge is 0.462 e. The summed E-state index contributed by atoms with van der Waals surface area (Å²) < 4.78 is 16.9. The number of ether oxygens (including phenoxy) is 3. The van der Waals surface area contributed by atoms with Crippen molar-refractivity contribution < 1.29 is 28.6 Å². The summed E-state index contributed by atoms with van der Waals surface area (Å²) in [6.07, 6.45) is 81.5. The highest BCUT2D eigenvalue weighted by molar-refractivity contribution is 5.71. The van der Waals surface area contributed by atoms with E-state index in [2.05, 4.69) is 106 Å². The van der Waals surface area contributed by atoms with E-state index in [1.807, 2.05) is 0 Å². The van der Waals surface area contributed by atoms with Crippen LogP contribution in [0.2, 0.25) is 0 Å². The van der Waals surface area contributed by atoms with Crippen LogP contribution >= 0.6 is 0 Å². The van der Waals surface area contributed by atoms with Gasteiger partial charge in [-0.25, -0.2) is 0 Å². The van der Waals surface area contributed by atoms with Gasteiger partial charge in [-0.1, -0.05) is 292 Å². The standard InChI is InChI=1S/C68H118O6/c1-4-7-10-13-16-19-22-25-28-31-34-37-40-43-46-49-52-55-58-61-67(70)73-64-65(63-72-66(69)60-57-54-51-48-45-42-39-36-33-30-27-24-21-18-15-12-9-6-3)74-68(71)62-59-56-53-50-47-44-41-38-35-32-29-26-23-20-17-14-11-8-5-2/h7,10,16,19,24-25,27-28,30,33-34,36-37,39,65H,4-6,8-9,11-15,17-18,20-23,26,29,31-32,35,38,40-64H2,1-3H3/b10-7-,19-16-,27-24-,28-25-,33-30-,37-34-,39-36-. The van der Waals surface area contributed by atoms with Crippen LogP contribution < -0.4 is 0 Å². The highest BCUT2D eigenvalue weighted by Crippen LogP contribution is 2.17. The zero-order valence-electron chi connectivity index (χ0n) is 48.8. The first-order valence-electron chi connectivity index (χ1n) is 31.6. The highest BCUT2D eigenvalue weighted by Gasteiger charge is 2.19. The SMILES string of the molecule is CC/C=C\C/C=C\C/C=C\C/C=C\CCCCCCCCC(=O)OCC(COC(=O)CCCCCCC\C=C/C=C\C=C/CCCCCCC)OC(=O)CCCCCCCCCCCCCCCCCCCCC. The molecule has 0 heterocycles. The van der Waals surface area contributed by atoms with E-state index in [1.54, 1.807) is 0 Å². The third-order valence-electron chi connectivity index (χ3n) is 13.7. The molecule has 0 bridgehead atoms. The van der Waals surface area contributed by atoms with Crippen LogP contribution in [0.25, 0.3) is 0 Å². The second-order valence-corrected chi connectivity index (χ2v) is 21.0. The lowest BCUT2D eigenvalue weighted by Crippen LogP contribution is -2.30. The number of carbonyl (C=O) groups excluding carboxylic acids is 3. The molecular weight excluding hydrogens is 913 g/mol. The minimum Gasteiger partial charge on any atom is -0.462 e. The molecule has 6 nitrogen and oxygen atoms in total. The fourth-order valence-corrected chi connectivity index (χ4v) is 8.97. The molecule has 0 aliphatic rings. The summed E-state index contributed by atoms with van der Waals surface area (Å²) in [5.74, 6) is -0.907. The lowest BCUT2D eigenvalue weighted by atomic mass is 10.0. The Kier molecular flexibility index (Phi) is 59.3. The zero-order chi connectivity index (χ0) is 53.6. The monoisotopic (exact) mass is 1030 g/mol. The average Bonchev–Trinajstić information content (AvgIpc) is 3.40. The van der Waals surface area contributed by atoms with E-state index in [9.17, 15) is 14.4 Å². The van der Waals surface area contributed by atoms with Gasteiger partial charge < -0.3 is 14.2 Å². The van der Waals surface area contributed by atoms with Crippen LogP contribution in [-0.4, -0.2) is 37.2 Å². The fourth-order valence-electron chi connectivity index (χ4n) is 8.97. The molecule has 0 aromatic carbocycles. The normalized spacial score (nSPS) is 12.6. The summed E-state index contributed by atoms with van der Waals surface area (Å²) in [7, 11) is 0. The van der Waals surface area contributed by atoms with Gasteiger partial charge in [-0.15, -0.1) is 0 Å². The summed E-state index contributed by atoms with van der Waals surface area (Å²) in [5.41, 5.74) is 0. The van der Waals surface area contributed by atoms with Crippen molar-refractivity contribution in [3.05, 3.63) is 85.1 Å². The van der Waals surface area contributed by atoms with Crippen molar-refractivity contribution >= 4 is 17.9 Å². The Bertz CT molecular complexity index is 1420. The second kappa shape index (κ2) is 62.1.